The zero-order valence-electron chi connectivity index (χ0n) is 17.9. The summed E-state index contributed by atoms with van der Waals surface area (Å²) in [5.74, 6) is -0.923. The number of anilines is 3. The van der Waals surface area contributed by atoms with E-state index in [1.807, 2.05) is 0 Å². The molecule has 0 atom stereocenters. The van der Waals surface area contributed by atoms with Crippen molar-refractivity contribution in [2.24, 2.45) is 0 Å². The molecule has 0 spiro atoms. The van der Waals surface area contributed by atoms with Crippen LogP contribution in [0.4, 0.5) is 35.1 Å². The predicted molar refractivity (Wildman–Crippen MR) is 115 cm³/mol. The predicted octanol–water partition coefficient (Wildman–Crippen LogP) is 4.51. The molecule has 180 valence electrons. The van der Waals surface area contributed by atoms with Gasteiger partial charge in [0.1, 0.15) is 11.2 Å². The molecule has 13 heteroatoms. The van der Waals surface area contributed by atoms with Gasteiger partial charge in [0.15, 0.2) is 17.4 Å². The average Bonchev–Trinajstić information content (AvgIpc) is 3.25. The molecule has 0 saturated heterocycles. The van der Waals surface area contributed by atoms with Gasteiger partial charge in [-0.1, -0.05) is 17.3 Å². The van der Waals surface area contributed by atoms with Crippen molar-refractivity contribution >= 4 is 23.5 Å². The highest BCUT2D eigenvalue weighted by molar-refractivity contribution is 5.91. The largest absolute Gasteiger partial charge is 0.401 e. The monoisotopic (exact) mass is 487 g/mol. The first-order valence-electron chi connectivity index (χ1n) is 10.4. The van der Waals surface area contributed by atoms with Crippen LogP contribution in [-0.2, 0) is 16.6 Å². The van der Waals surface area contributed by atoms with Gasteiger partial charge in [-0.15, -0.1) is 0 Å². The molecule has 0 aliphatic heterocycles. The summed E-state index contributed by atoms with van der Waals surface area (Å²) >= 11 is 0. The molecule has 3 aromatic heterocycles. The fourth-order valence-corrected chi connectivity index (χ4v) is 3.57. The highest BCUT2D eigenvalue weighted by Gasteiger charge is 2.66. The van der Waals surface area contributed by atoms with E-state index in [1.165, 1.54) is 30.9 Å². The Hall–Kier alpha value is -4.29. The molecule has 0 bridgehead atoms. The minimum absolute atomic E-state index is 0.0922. The molecule has 0 unspecified atom stereocenters. The Balaban J connectivity index is 1.22. The third-order valence-electron chi connectivity index (χ3n) is 5.67. The summed E-state index contributed by atoms with van der Waals surface area (Å²) in [6.45, 7) is 0. The maximum Gasteiger partial charge on any atom is 0.401 e. The number of aromatic nitrogens is 5. The Morgan fingerprint density at radius 3 is 2.49 bits per heavy atom. The number of alkyl halides is 3. The topological polar surface area (TPSA) is 122 Å². The second-order valence-electron chi connectivity index (χ2n) is 8.06. The van der Waals surface area contributed by atoms with Crippen LogP contribution < -0.4 is 10.6 Å². The van der Waals surface area contributed by atoms with Gasteiger partial charge in [-0.05, 0) is 30.0 Å². The summed E-state index contributed by atoms with van der Waals surface area (Å²) in [4.78, 5) is 27.4. The number of amides is 1. The van der Waals surface area contributed by atoms with Crippen molar-refractivity contribution in [1.29, 1.82) is 0 Å². The maximum absolute atomic E-state index is 14.7. The van der Waals surface area contributed by atoms with E-state index in [9.17, 15) is 22.4 Å². The number of H-pyrrole nitrogens is 1. The molecule has 3 N–H and O–H groups in total. The van der Waals surface area contributed by atoms with Crippen LogP contribution in [0.2, 0.25) is 0 Å². The maximum atomic E-state index is 14.7. The smallest absolute Gasteiger partial charge is 0.358 e. The number of aromatic amines is 1. The molecule has 0 radical (unpaired) electrons. The van der Waals surface area contributed by atoms with Crippen LogP contribution in [-0.4, -0.2) is 37.2 Å². The number of benzene rings is 1. The Morgan fingerprint density at radius 1 is 1.09 bits per heavy atom. The van der Waals surface area contributed by atoms with Gasteiger partial charge in [-0.25, -0.2) is 19.3 Å². The second kappa shape index (κ2) is 8.49. The van der Waals surface area contributed by atoms with E-state index < -0.39 is 23.3 Å². The van der Waals surface area contributed by atoms with E-state index in [0.29, 0.717) is 22.9 Å². The molecule has 1 aliphatic rings. The van der Waals surface area contributed by atoms with Gasteiger partial charge in [0, 0.05) is 30.2 Å². The lowest BCUT2D eigenvalue weighted by Crippen LogP contribution is -2.28. The molecule has 3 heterocycles. The molecular formula is C22H17F4N7O2. The Morgan fingerprint density at radius 2 is 1.86 bits per heavy atom. The normalized spacial score (nSPS) is 14.5. The van der Waals surface area contributed by atoms with Gasteiger partial charge < -0.3 is 20.1 Å². The highest BCUT2D eigenvalue weighted by Crippen LogP contribution is 2.59. The van der Waals surface area contributed by atoms with Crippen molar-refractivity contribution in [2.45, 2.75) is 30.9 Å². The Labute approximate surface area is 195 Å². The molecular weight excluding hydrogens is 470 g/mol. The molecule has 5 rings (SSSR count). The van der Waals surface area contributed by atoms with Crippen molar-refractivity contribution < 1.29 is 26.9 Å². The van der Waals surface area contributed by atoms with E-state index in [1.54, 1.807) is 12.3 Å². The molecule has 1 aliphatic carbocycles. The standard InChI is InChI=1S/C22H17F4N7O2/c23-15-5-12(14-8-28-20(29-9-14)32-18-10-27-11-30-18)1-2-13(15)6-19(34)31-17-7-16(35-33-17)21(3-4-21)22(24,25)26/h1-2,5,7-11H,3-4,6H2,(H,27,30)(H,28,29,32)(H,31,33,34). The number of imidazole rings is 1. The van der Waals surface area contributed by atoms with Gasteiger partial charge in [-0.2, -0.15) is 13.2 Å². The summed E-state index contributed by atoms with van der Waals surface area (Å²) in [6.07, 6.45) is 1.17. The minimum atomic E-state index is -4.46. The SMILES string of the molecule is O=C(Cc1ccc(-c2cnc(Nc3c[nH]cn3)nc2)cc1F)Nc1cc(C2(C(F)(F)F)CC2)on1. The van der Waals surface area contributed by atoms with Crippen molar-refractivity contribution in [3.8, 4) is 11.1 Å². The van der Waals surface area contributed by atoms with Crippen LogP contribution in [0.5, 0.6) is 0 Å². The third kappa shape index (κ3) is 4.56. The van der Waals surface area contributed by atoms with Gasteiger partial charge in [0.25, 0.3) is 0 Å². The number of rotatable bonds is 7. The van der Waals surface area contributed by atoms with Gasteiger partial charge in [0.2, 0.25) is 11.9 Å². The van der Waals surface area contributed by atoms with E-state index >= 15 is 0 Å². The highest BCUT2D eigenvalue weighted by atomic mass is 19.4. The van der Waals surface area contributed by atoms with Crippen LogP contribution in [0.1, 0.15) is 24.2 Å². The summed E-state index contributed by atoms with van der Waals surface area (Å²) < 4.78 is 59.1. The fraction of sp³-hybridized carbons (Fsp3) is 0.227. The average molecular weight is 487 g/mol. The molecule has 1 saturated carbocycles. The minimum Gasteiger partial charge on any atom is -0.358 e. The fourth-order valence-electron chi connectivity index (χ4n) is 3.57. The lowest BCUT2D eigenvalue weighted by atomic mass is 10.0. The number of carbonyl (C=O) groups is 1. The van der Waals surface area contributed by atoms with Crippen molar-refractivity contribution in [3.63, 3.8) is 0 Å². The van der Waals surface area contributed by atoms with Crippen LogP contribution in [0, 0.1) is 5.82 Å². The number of halogens is 4. The summed E-state index contributed by atoms with van der Waals surface area (Å²) in [7, 11) is 0. The van der Waals surface area contributed by atoms with Gasteiger partial charge >= 0.3 is 6.18 Å². The van der Waals surface area contributed by atoms with Crippen molar-refractivity contribution in [2.75, 3.05) is 10.6 Å². The van der Waals surface area contributed by atoms with Crippen LogP contribution in [0.25, 0.3) is 11.1 Å². The van der Waals surface area contributed by atoms with Crippen LogP contribution >= 0.6 is 0 Å². The summed E-state index contributed by atoms with van der Waals surface area (Å²) in [5.41, 5.74) is -0.883. The second-order valence-corrected chi connectivity index (χ2v) is 8.06. The van der Waals surface area contributed by atoms with E-state index in [4.69, 9.17) is 4.52 Å². The van der Waals surface area contributed by atoms with E-state index in [2.05, 4.69) is 35.7 Å². The lowest BCUT2D eigenvalue weighted by molar-refractivity contribution is -0.165. The van der Waals surface area contributed by atoms with Crippen LogP contribution in [0.3, 0.4) is 0 Å². The quantitative estimate of drug-likeness (QED) is 0.328. The van der Waals surface area contributed by atoms with E-state index in [0.717, 1.165) is 6.07 Å². The Kier molecular flexibility index (Phi) is 5.46. The number of nitrogens with one attached hydrogen (secondary N) is 3. The Bertz CT molecular complexity index is 1350. The lowest BCUT2D eigenvalue weighted by Gasteiger charge is -2.14. The van der Waals surface area contributed by atoms with Crippen molar-refractivity contribution in [1.82, 2.24) is 25.1 Å². The molecule has 9 nitrogen and oxygen atoms in total. The zero-order valence-corrected chi connectivity index (χ0v) is 17.9. The first-order valence-corrected chi connectivity index (χ1v) is 10.4. The van der Waals surface area contributed by atoms with Gasteiger partial charge in [-0.3, -0.25) is 4.79 Å². The first kappa shape index (κ1) is 22.5. The number of nitrogens with zero attached hydrogens (tertiary/aromatic N) is 4. The van der Waals surface area contributed by atoms with Crippen LogP contribution in [0.15, 0.2) is 53.7 Å². The summed E-state index contributed by atoms with van der Waals surface area (Å²) in [6, 6.07) is 5.36. The number of carbonyl (C=O) groups excluding carboxylic acids is 1. The first-order chi connectivity index (χ1) is 16.7. The molecule has 1 fully saturated rings. The van der Waals surface area contributed by atoms with E-state index in [-0.39, 0.29) is 36.4 Å². The van der Waals surface area contributed by atoms with Crippen molar-refractivity contribution in [3.05, 3.63) is 66.3 Å². The zero-order chi connectivity index (χ0) is 24.6. The van der Waals surface area contributed by atoms with Gasteiger partial charge in [0.05, 0.1) is 12.7 Å². The molecule has 35 heavy (non-hydrogen) atoms. The number of hydrogen-bond donors (Lipinski definition) is 3. The molecule has 1 aromatic carbocycles. The number of hydrogen-bond acceptors (Lipinski definition) is 7. The molecule has 4 aromatic rings. The summed E-state index contributed by atoms with van der Waals surface area (Å²) in [5, 5.41) is 8.74. The molecule has 1 amide bonds. The third-order valence-corrected chi connectivity index (χ3v) is 5.67.